The molecule has 2 aromatic rings. The number of rotatable bonds is 4. The Morgan fingerprint density at radius 1 is 1.24 bits per heavy atom. The maximum Gasteiger partial charge on any atom is 0.123 e. The van der Waals surface area contributed by atoms with E-state index < -0.39 is 0 Å². The summed E-state index contributed by atoms with van der Waals surface area (Å²) in [5.74, 6) is 0.702. The lowest BCUT2D eigenvalue weighted by Gasteiger charge is -2.23. The van der Waals surface area contributed by atoms with Crippen LogP contribution in [-0.2, 0) is 13.1 Å². The highest BCUT2D eigenvalue weighted by molar-refractivity contribution is 5.45. The lowest BCUT2D eigenvalue weighted by Crippen LogP contribution is -2.27. The second-order valence-corrected chi connectivity index (χ2v) is 5.31. The average molecular weight is 286 g/mol. The van der Waals surface area contributed by atoms with Crippen LogP contribution in [-0.4, -0.2) is 18.6 Å². The summed E-state index contributed by atoms with van der Waals surface area (Å²) in [6.07, 6.45) is 0. The summed E-state index contributed by atoms with van der Waals surface area (Å²) >= 11 is 0. The van der Waals surface area contributed by atoms with Gasteiger partial charge in [0.1, 0.15) is 11.6 Å². The zero-order valence-electron chi connectivity index (χ0n) is 12.1. The minimum Gasteiger partial charge on any atom is -0.496 e. The van der Waals surface area contributed by atoms with Crippen molar-refractivity contribution in [3.8, 4) is 5.75 Å². The van der Waals surface area contributed by atoms with Gasteiger partial charge in [-0.05, 0) is 29.3 Å². The molecule has 0 aromatic heterocycles. The molecule has 0 bridgehead atoms. The SMILES string of the molecule is COc1cccc2c1CN(Cc1ccc(F)cc1)C2CN. The van der Waals surface area contributed by atoms with Crippen LogP contribution in [0.5, 0.6) is 5.75 Å². The first kappa shape index (κ1) is 14.0. The highest BCUT2D eigenvalue weighted by atomic mass is 19.1. The van der Waals surface area contributed by atoms with Crippen molar-refractivity contribution in [2.75, 3.05) is 13.7 Å². The number of hydrogen-bond donors (Lipinski definition) is 1. The summed E-state index contributed by atoms with van der Waals surface area (Å²) in [5.41, 5.74) is 9.49. The fraction of sp³-hybridized carbons (Fsp3) is 0.294. The van der Waals surface area contributed by atoms with Crippen molar-refractivity contribution in [3.05, 3.63) is 65.0 Å². The number of ether oxygens (including phenoxy) is 1. The van der Waals surface area contributed by atoms with Gasteiger partial charge >= 0.3 is 0 Å². The van der Waals surface area contributed by atoms with Crippen LogP contribution in [0.25, 0.3) is 0 Å². The molecule has 1 atom stereocenters. The number of hydrogen-bond acceptors (Lipinski definition) is 3. The molecule has 3 rings (SSSR count). The highest BCUT2D eigenvalue weighted by Crippen LogP contribution is 2.38. The van der Waals surface area contributed by atoms with Crippen LogP contribution in [0, 0.1) is 5.82 Å². The Kier molecular flexibility index (Phi) is 3.90. The van der Waals surface area contributed by atoms with Gasteiger partial charge in [0.15, 0.2) is 0 Å². The first-order valence-electron chi connectivity index (χ1n) is 7.07. The van der Waals surface area contributed by atoms with E-state index in [1.807, 2.05) is 24.3 Å². The summed E-state index contributed by atoms with van der Waals surface area (Å²) in [5, 5.41) is 0. The zero-order valence-corrected chi connectivity index (χ0v) is 12.1. The lowest BCUT2D eigenvalue weighted by molar-refractivity contribution is 0.210. The van der Waals surface area contributed by atoms with Crippen LogP contribution in [0.1, 0.15) is 22.7 Å². The zero-order chi connectivity index (χ0) is 14.8. The van der Waals surface area contributed by atoms with Crippen molar-refractivity contribution < 1.29 is 9.13 Å². The van der Waals surface area contributed by atoms with Crippen molar-refractivity contribution in [2.45, 2.75) is 19.1 Å². The van der Waals surface area contributed by atoms with Crippen molar-refractivity contribution in [3.63, 3.8) is 0 Å². The third-order valence-corrected chi connectivity index (χ3v) is 4.07. The van der Waals surface area contributed by atoms with Crippen molar-refractivity contribution in [2.24, 2.45) is 5.73 Å². The van der Waals surface area contributed by atoms with Gasteiger partial charge < -0.3 is 10.5 Å². The monoisotopic (exact) mass is 286 g/mol. The molecule has 1 unspecified atom stereocenters. The van der Waals surface area contributed by atoms with Crippen molar-refractivity contribution in [1.29, 1.82) is 0 Å². The minimum atomic E-state index is -0.208. The van der Waals surface area contributed by atoms with Crippen LogP contribution < -0.4 is 10.5 Å². The molecule has 21 heavy (non-hydrogen) atoms. The molecule has 0 spiro atoms. The van der Waals surface area contributed by atoms with E-state index in [-0.39, 0.29) is 11.9 Å². The third-order valence-electron chi connectivity index (χ3n) is 4.07. The van der Waals surface area contributed by atoms with Gasteiger partial charge in [-0.2, -0.15) is 0 Å². The maximum atomic E-state index is 13.0. The van der Waals surface area contributed by atoms with E-state index in [2.05, 4.69) is 11.0 Å². The number of fused-ring (bicyclic) bond motifs is 1. The van der Waals surface area contributed by atoms with Crippen LogP contribution in [0.2, 0.25) is 0 Å². The standard InChI is InChI=1S/C17H19FN2O/c1-21-17-4-2-3-14-15(17)11-20(16(14)9-19)10-12-5-7-13(18)8-6-12/h2-8,16H,9-11,19H2,1H3. The Hall–Kier alpha value is -1.91. The van der Waals surface area contributed by atoms with Gasteiger partial charge in [0.05, 0.1) is 7.11 Å². The van der Waals surface area contributed by atoms with Gasteiger partial charge in [0.2, 0.25) is 0 Å². The van der Waals surface area contributed by atoms with Crippen LogP contribution in [0.4, 0.5) is 4.39 Å². The molecule has 0 amide bonds. The second kappa shape index (κ2) is 5.84. The molecule has 0 aliphatic carbocycles. The van der Waals surface area contributed by atoms with E-state index in [9.17, 15) is 4.39 Å². The summed E-state index contributed by atoms with van der Waals surface area (Å²) in [6, 6.07) is 12.9. The predicted octanol–water partition coefficient (Wildman–Crippen LogP) is 2.85. The molecular formula is C17H19FN2O. The smallest absolute Gasteiger partial charge is 0.123 e. The summed E-state index contributed by atoms with van der Waals surface area (Å²) in [6.45, 7) is 2.11. The molecule has 2 N–H and O–H groups in total. The Labute approximate surface area is 124 Å². The quantitative estimate of drug-likeness (QED) is 0.939. The summed E-state index contributed by atoms with van der Waals surface area (Å²) in [4.78, 5) is 2.31. The first-order valence-corrected chi connectivity index (χ1v) is 7.07. The number of benzene rings is 2. The second-order valence-electron chi connectivity index (χ2n) is 5.31. The molecule has 4 heteroatoms. The lowest BCUT2D eigenvalue weighted by atomic mass is 10.0. The van der Waals surface area contributed by atoms with Crippen molar-refractivity contribution in [1.82, 2.24) is 4.90 Å². The number of nitrogens with two attached hydrogens (primary N) is 1. The van der Waals surface area contributed by atoms with Gasteiger partial charge in [-0.1, -0.05) is 24.3 Å². The summed E-state index contributed by atoms with van der Waals surface area (Å²) < 4.78 is 18.5. The van der Waals surface area contributed by atoms with Crippen molar-refractivity contribution >= 4 is 0 Å². The molecule has 0 fully saturated rings. The van der Waals surface area contributed by atoms with Gasteiger partial charge in [-0.3, -0.25) is 4.90 Å². The summed E-state index contributed by atoms with van der Waals surface area (Å²) in [7, 11) is 1.69. The highest BCUT2D eigenvalue weighted by Gasteiger charge is 2.31. The Morgan fingerprint density at radius 2 is 2.00 bits per heavy atom. The number of methoxy groups -OCH3 is 1. The third kappa shape index (κ3) is 2.64. The van der Waals surface area contributed by atoms with Gasteiger partial charge in [-0.25, -0.2) is 4.39 Å². The molecule has 0 saturated heterocycles. The Bertz CT molecular complexity index is 627. The van der Waals surface area contributed by atoms with E-state index in [0.29, 0.717) is 6.54 Å². The molecule has 1 heterocycles. The molecular weight excluding hydrogens is 267 g/mol. The van der Waals surface area contributed by atoms with Crippen LogP contribution in [0.3, 0.4) is 0 Å². The molecule has 1 aliphatic heterocycles. The van der Waals surface area contributed by atoms with Gasteiger partial charge in [0, 0.05) is 31.2 Å². The molecule has 110 valence electrons. The van der Waals surface area contributed by atoms with Crippen LogP contribution >= 0.6 is 0 Å². The largest absolute Gasteiger partial charge is 0.496 e. The number of nitrogens with zero attached hydrogens (tertiary/aromatic N) is 1. The topological polar surface area (TPSA) is 38.5 Å². The van der Waals surface area contributed by atoms with E-state index >= 15 is 0 Å². The predicted molar refractivity (Wildman–Crippen MR) is 80.4 cm³/mol. The normalized spacial score (nSPS) is 17.8. The molecule has 0 saturated carbocycles. The molecule has 2 aromatic carbocycles. The fourth-order valence-electron chi connectivity index (χ4n) is 3.03. The van der Waals surface area contributed by atoms with E-state index in [1.165, 1.54) is 23.3 Å². The Balaban J connectivity index is 1.86. The van der Waals surface area contributed by atoms with E-state index in [0.717, 1.165) is 24.4 Å². The van der Waals surface area contributed by atoms with Gasteiger partial charge in [-0.15, -0.1) is 0 Å². The maximum absolute atomic E-state index is 13.0. The minimum absolute atomic E-state index is 0.181. The molecule has 1 aliphatic rings. The molecule has 0 radical (unpaired) electrons. The molecule has 3 nitrogen and oxygen atoms in total. The first-order chi connectivity index (χ1) is 10.2. The Morgan fingerprint density at radius 3 is 2.67 bits per heavy atom. The van der Waals surface area contributed by atoms with Gasteiger partial charge in [0.25, 0.3) is 0 Å². The van der Waals surface area contributed by atoms with E-state index in [1.54, 1.807) is 7.11 Å². The van der Waals surface area contributed by atoms with E-state index in [4.69, 9.17) is 10.5 Å². The fourth-order valence-corrected chi connectivity index (χ4v) is 3.03. The average Bonchev–Trinajstić information content (AvgIpc) is 2.86. The van der Waals surface area contributed by atoms with Crippen LogP contribution in [0.15, 0.2) is 42.5 Å². The number of halogens is 1.